The van der Waals surface area contributed by atoms with Crippen LogP contribution in [0.15, 0.2) is 54.9 Å². The zero-order valence-electron chi connectivity index (χ0n) is 14.2. The Morgan fingerprint density at radius 2 is 2.04 bits per heavy atom. The largest absolute Gasteiger partial charge is 0.479 e. The van der Waals surface area contributed by atoms with E-state index in [9.17, 15) is 4.79 Å². The van der Waals surface area contributed by atoms with Crippen LogP contribution in [-0.4, -0.2) is 21.6 Å². The van der Waals surface area contributed by atoms with Gasteiger partial charge in [0.15, 0.2) is 6.10 Å². The second-order valence-electron chi connectivity index (χ2n) is 5.77. The van der Waals surface area contributed by atoms with E-state index in [1.54, 1.807) is 31.3 Å². The monoisotopic (exact) mass is 389 g/mol. The van der Waals surface area contributed by atoms with Crippen molar-refractivity contribution in [2.75, 3.05) is 5.32 Å². The number of aromatic nitrogens is 2. The minimum absolute atomic E-state index is 0.284. The van der Waals surface area contributed by atoms with Crippen molar-refractivity contribution in [3.05, 3.63) is 64.9 Å². The Morgan fingerprint density at radius 3 is 2.73 bits per heavy atom. The van der Waals surface area contributed by atoms with E-state index in [1.807, 2.05) is 42.1 Å². The number of hydrogen-bond donors (Lipinski definition) is 1. The van der Waals surface area contributed by atoms with Crippen molar-refractivity contribution in [1.29, 1.82) is 0 Å². The summed E-state index contributed by atoms with van der Waals surface area (Å²) in [4.78, 5) is 16.7. The number of hydrogen-bond acceptors (Lipinski definition) is 3. The first-order valence-electron chi connectivity index (χ1n) is 7.94. The average Bonchev–Trinajstić information content (AvgIpc) is 3.03. The summed E-state index contributed by atoms with van der Waals surface area (Å²) in [5, 5.41) is 3.71. The van der Waals surface area contributed by atoms with Crippen molar-refractivity contribution in [3.63, 3.8) is 0 Å². The lowest BCUT2D eigenvalue weighted by atomic mass is 10.2. The van der Waals surface area contributed by atoms with E-state index in [-0.39, 0.29) is 5.91 Å². The number of imidazole rings is 1. The molecule has 0 aliphatic rings. The summed E-state index contributed by atoms with van der Waals surface area (Å²) in [5.74, 6) is 0.937. The van der Waals surface area contributed by atoms with E-state index in [1.165, 1.54) is 0 Å². The number of nitrogens with zero attached hydrogens (tertiary/aromatic N) is 2. The minimum Gasteiger partial charge on any atom is -0.479 e. The predicted molar refractivity (Wildman–Crippen MR) is 104 cm³/mol. The van der Waals surface area contributed by atoms with Crippen molar-refractivity contribution >= 4 is 34.8 Å². The Bertz CT molecular complexity index is 940. The molecule has 134 valence electrons. The third-order valence-corrected chi connectivity index (χ3v) is 4.31. The van der Waals surface area contributed by atoms with Gasteiger partial charge in [0.05, 0.1) is 5.02 Å². The molecule has 0 fully saturated rings. The van der Waals surface area contributed by atoms with Crippen LogP contribution in [-0.2, 0) is 11.8 Å². The Hall–Kier alpha value is -2.50. The Labute approximate surface area is 161 Å². The first-order chi connectivity index (χ1) is 12.4. The minimum atomic E-state index is -0.731. The number of nitrogens with one attached hydrogen (secondary N) is 1. The van der Waals surface area contributed by atoms with Gasteiger partial charge in [0.1, 0.15) is 11.6 Å². The van der Waals surface area contributed by atoms with Gasteiger partial charge in [-0.25, -0.2) is 4.98 Å². The maximum absolute atomic E-state index is 12.4. The number of anilines is 1. The van der Waals surface area contributed by atoms with Crippen LogP contribution in [0, 0.1) is 0 Å². The maximum atomic E-state index is 12.4. The van der Waals surface area contributed by atoms with Crippen molar-refractivity contribution in [2.45, 2.75) is 13.0 Å². The lowest BCUT2D eigenvalue weighted by Gasteiger charge is -2.16. The van der Waals surface area contributed by atoms with E-state index in [0.29, 0.717) is 21.5 Å². The van der Waals surface area contributed by atoms with Crippen LogP contribution < -0.4 is 10.1 Å². The third kappa shape index (κ3) is 4.18. The number of carbonyl (C=O) groups excluding carboxylic acids is 1. The van der Waals surface area contributed by atoms with Crippen LogP contribution in [0.3, 0.4) is 0 Å². The smallest absolute Gasteiger partial charge is 0.265 e. The van der Waals surface area contributed by atoms with Gasteiger partial charge in [0.2, 0.25) is 0 Å². The molecule has 26 heavy (non-hydrogen) atoms. The lowest BCUT2D eigenvalue weighted by Crippen LogP contribution is -2.30. The van der Waals surface area contributed by atoms with Gasteiger partial charge in [-0.05, 0) is 37.3 Å². The van der Waals surface area contributed by atoms with Gasteiger partial charge in [-0.15, -0.1) is 0 Å². The molecular formula is C19H17Cl2N3O2. The highest BCUT2D eigenvalue weighted by atomic mass is 35.5. The fourth-order valence-corrected chi connectivity index (χ4v) is 2.89. The van der Waals surface area contributed by atoms with E-state index >= 15 is 0 Å². The number of benzene rings is 2. The van der Waals surface area contributed by atoms with E-state index in [2.05, 4.69) is 10.3 Å². The summed E-state index contributed by atoms with van der Waals surface area (Å²) in [6.07, 6.45) is 2.86. The molecule has 0 spiro atoms. The molecule has 1 N–H and O–H groups in total. The molecule has 0 radical (unpaired) electrons. The van der Waals surface area contributed by atoms with Crippen molar-refractivity contribution in [1.82, 2.24) is 9.55 Å². The first-order valence-corrected chi connectivity index (χ1v) is 8.70. The van der Waals surface area contributed by atoms with Crippen LogP contribution in [0.5, 0.6) is 5.75 Å². The van der Waals surface area contributed by atoms with Crippen LogP contribution >= 0.6 is 23.2 Å². The van der Waals surface area contributed by atoms with Gasteiger partial charge in [-0.1, -0.05) is 35.3 Å². The first kappa shape index (κ1) is 18.3. The molecule has 2 aromatic carbocycles. The molecule has 1 amide bonds. The molecule has 1 atom stereocenters. The quantitative estimate of drug-likeness (QED) is 0.681. The molecule has 0 aliphatic carbocycles. The molecular weight excluding hydrogens is 373 g/mol. The molecule has 7 heteroatoms. The second-order valence-corrected chi connectivity index (χ2v) is 6.61. The molecule has 3 aromatic rings. The maximum Gasteiger partial charge on any atom is 0.265 e. The number of halogens is 2. The Kier molecular flexibility index (Phi) is 5.49. The van der Waals surface area contributed by atoms with Crippen molar-refractivity contribution in [2.24, 2.45) is 7.05 Å². The van der Waals surface area contributed by atoms with E-state index in [4.69, 9.17) is 27.9 Å². The van der Waals surface area contributed by atoms with Gasteiger partial charge in [0, 0.05) is 35.7 Å². The fraction of sp³-hybridized carbons (Fsp3) is 0.158. The highest BCUT2D eigenvalue weighted by Gasteiger charge is 2.17. The van der Waals surface area contributed by atoms with Gasteiger partial charge in [-0.3, -0.25) is 4.79 Å². The molecule has 0 aliphatic heterocycles. The summed E-state index contributed by atoms with van der Waals surface area (Å²) in [6.45, 7) is 1.66. The number of aryl methyl sites for hydroxylation is 1. The van der Waals surface area contributed by atoms with Crippen LogP contribution in [0.4, 0.5) is 5.69 Å². The standard InChI is InChI=1S/C19H17Cl2N3O2/c1-12(26-17-7-6-14(20)11-16(17)21)19(25)23-15-5-3-4-13(10-15)18-22-8-9-24(18)2/h3-12H,1-2H3,(H,23,25). The fourth-order valence-electron chi connectivity index (χ4n) is 2.44. The molecule has 3 rings (SSSR count). The number of rotatable bonds is 5. The third-order valence-electron chi connectivity index (χ3n) is 3.78. The van der Waals surface area contributed by atoms with Crippen molar-refractivity contribution < 1.29 is 9.53 Å². The van der Waals surface area contributed by atoms with E-state index in [0.717, 1.165) is 11.4 Å². The summed E-state index contributed by atoms with van der Waals surface area (Å²) < 4.78 is 7.55. The second kappa shape index (κ2) is 7.81. The Balaban J connectivity index is 1.70. The topological polar surface area (TPSA) is 56.1 Å². The van der Waals surface area contributed by atoms with Crippen LogP contribution in [0.25, 0.3) is 11.4 Å². The van der Waals surface area contributed by atoms with Gasteiger partial charge in [-0.2, -0.15) is 0 Å². The number of ether oxygens (including phenoxy) is 1. The molecule has 0 saturated carbocycles. The molecule has 1 heterocycles. The van der Waals surface area contributed by atoms with Crippen molar-refractivity contribution in [3.8, 4) is 17.1 Å². The van der Waals surface area contributed by atoms with Gasteiger partial charge < -0.3 is 14.6 Å². The van der Waals surface area contributed by atoms with E-state index < -0.39 is 6.10 Å². The van der Waals surface area contributed by atoms with Crippen LogP contribution in [0.1, 0.15) is 6.92 Å². The summed E-state index contributed by atoms with van der Waals surface area (Å²) >= 11 is 11.9. The highest BCUT2D eigenvalue weighted by Crippen LogP contribution is 2.28. The predicted octanol–water partition coefficient (Wildman–Crippen LogP) is 4.80. The highest BCUT2D eigenvalue weighted by molar-refractivity contribution is 6.35. The number of carbonyl (C=O) groups is 1. The summed E-state index contributed by atoms with van der Waals surface area (Å²) in [5.41, 5.74) is 1.57. The molecule has 0 saturated heterocycles. The zero-order chi connectivity index (χ0) is 18.7. The molecule has 1 unspecified atom stereocenters. The number of amides is 1. The average molecular weight is 390 g/mol. The summed E-state index contributed by atoms with van der Waals surface area (Å²) in [7, 11) is 1.92. The summed E-state index contributed by atoms with van der Waals surface area (Å²) in [6, 6.07) is 12.3. The van der Waals surface area contributed by atoms with Gasteiger partial charge in [0.25, 0.3) is 5.91 Å². The van der Waals surface area contributed by atoms with Crippen LogP contribution in [0.2, 0.25) is 10.0 Å². The SMILES string of the molecule is CC(Oc1ccc(Cl)cc1Cl)C(=O)Nc1cccc(-c2nccn2C)c1. The lowest BCUT2D eigenvalue weighted by molar-refractivity contribution is -0.122. The Morgan fingerprint density at radius 1 is 1.23 bits per heavy atom. The molecule has 5 nitrogen and oxygen atoms in total. The zero-order valence-corrected chi connectivity index (χ0v) is 15.8. The molecule has 1 aromatic heterocycles. The van der Waals surface area contributed by atoms with Gasteiger partial charge >= 0.3 is 0 Å². The normalized spacial score (nSPS) is 11.8. The molecule has 0 bridgehead atoms.